The first-order valence-electron chi connectivity index (χ1n) is 5.91. The molecule has 1 N–H and O–H groups in total. The van der Waals surface area contributed by atoms with E-state index in [1.54, 1.807) is 4.90 Å². The zero-order valence-corrected chi connectivity index (χ0v) is 9.57. The van der Waals surface area contributed by atoms with Crippen LogP contribution in [0, 0.1) is 5.92 Å². The number of hydrogen-bond donors (Lipinski definition) is 1. The van der Waals surface area contributed by atoms with Crippen LogP contribution in [-0.2, 0) is 9.53 Å². The number of carbonyl (C=O) groups excluding carboxylic acids is 2. The van der Waals surface area contributed by atoms with Gasteiger partial charge in [-0.1, -0.05) is 0 Å². The van der Waals surface area contributed by atoms with Gasteiger partial charge in [0, 0.05) is 25.6 Å². The molecular weight excluding hydrogens is 208 g/mol. The van der Waals surface area contributed by atoms with Crippen LogP contribution in [0.1, 0.15) is 26.2 Å². The van der Waals surface area contributed by atoms with E-state index in [-0.39, 0.29) is 18.0 Å². The molecule has 0 saturated carbocycles. The molecule has 0 aromatic heterocycles. The Kier molecular flexibility index (Phi) is 3.31. The van der Waals surface area contributed by atoms with Gasteiger partial charge in [-0.15, -0.1) is 0 Å². The van der Waals surface area contributed by atoms with Gasteiger partial charge in [-0.05, 0) is 25.7 Å². The summed E-state index contributed by atoms with van der Waals surface area (Å²) >= 11 is 0. The molecule has 90 valence electrons. The Balaban J connectivity index is 1.90. The minimum absolute atomic E-state index is 0.144. The number of carbonyl (C=O) groups is 2. The van der Waals surface area contributed by atoms with Crippen LogP contribution in [-0.4, -0.2) is 42.6 Å². The molecule has 16 heavy (non-hydrogen) atoms. The highest BCUT2D eigenvalue weighted by molar-refractivity contribution is 5.77. The van der Waals surface area contributed by atoms with E-state index in [9.17, 15) is 9.59 Å². The molecule has 2 heterocycles. The highest BCUT2D eigenvalue weighted by Crippen LogP contribution is 2.25. The number of hydrogen-bond acceptors (Lipinski definition) is 3. The maximum absolute atomic E-state index is 11.6. The summed E-state index contributed by atoms with van der Waals surface area (Å²) in [6.07, 6.45) is 2.08. The molecule has 2 atom stereocenters. The second-order valence-electron chi connectivity index (χ2n) is 4.41. The Morgan fingerprint density at radius 3 is 3.12 bits per heavy atom. The Hall–Kier alpha value is -1.26. The number of fused-ring (bicyclic) bond motifs is 1. The molecule has 0 aromatic rings. The van der Waals surface area contributed by atoms with E-state index in [0.717, 1.165) is 12.8 Å². The standard InChI is InChI=1S/C11H18N2O3/c1-2-16-11(15)13-6-5-9-8(7-13)3-4-10(14)12-9/h8-9H,2-7H2,1H3,(H,12,14)/t8-,9+/m0/s1. The van der Waals surface area contributed by atoms with Gasteiger partial charge in [-0.3, -0.25) is 4.79 Å². The predicted octanol–water partition coefficient (Wildman–Crippen LogP) is 0.743. The minimum atomic E-state index is -0.224. The van der Waals surface area contributed by atoms with Gasteiger partial charge < -0.3 is 15.0 Å². The van der Waals surface area contributed by atoms with E-state index in [1.165, 1.54) is 0 Å². The number of amides is 2. The van der Waals surface area contributed by atoms with Crippen molar-refractivity contribution in [2.45, 2.75) is 32.2 Å². The van der Waals surface area contributed by atoms with Crippen molar-refractivity contribution in [3.8, 4) is 0 Å². The first-order valence-corrected chi connectivity index (χ1v) is 5.91. The van der Waals surface area contributed by atoms with E-state index < -0.39 is 0 Å². The van der Waals surface area contributed by atoms with Gasteiger partial charge in [0.25, 0.3) is 0 Å². The highest BCUT2D eigenvalue weighted by Gasteiger charge is 2.35. The largest absolute Gasteiger partial charge is 0.450 e. The SMILES string of the molecule is CCOC(=O)N1CC[C@H]2NC(=O)CC[C@H]2C1. The van der Waals surface area contributed by atoms with E-state index in [4.69, 9.17) is 4.74 Å². The molecule has 0 aliphatic carbocycles. The van der Waals surface area contributed by atoms with Crippen molar-refractivity contribution < 1.29 is 14.3 Å². The van der Waals surface area contributed by atoms with Crippen LogP contribution in [0.2, 0.25) is 0 Å². The number of nitrogens with one attached hydrogen (secondary N) is 1. The lowest BCUT2D eigenvalue weighted by Crippen LogP contribution is -2.55. The fraction of sp³-hybridized carbons (Fsp3) is 0.818. The van der Waals surface area contributed by atoms with Crippen molar-refractivity contribution in [1.29, 1.82) is 0 Å². The molecular formula is C11H18N2O3. The minimum Gasteiger partial charge on any atom is -0.450 e. The summed E-state index contributed by atoms with van der Waals surface area (Å²) < 4.78 is 4.98. The molecule has 2 saturated heterocycles. The predicted molar refractivity (Wildman–Crippen MR) is 57.9 cm³/mol. The normalized spacial score (nSPS) is 29.3. The van der Waals surface area contributed by atoms with Gasteiger partial charge in [-0.25, -0.2) is 4.79 Å². The summed E-state index contributed by atoms with van der Waals surface area (Å²) in [4.78, 5) is 24.5. The van der Waals surface area contributed by atoms with Crippen LogP contribution in [0.5, 0.6) is 0 Å². The summed E-state index contributed by atoms with van der Waals surface area (Å²) in [5, 5.41) is 2.99. The highest BCUT2D eigenvalue weighted by atomic mass is 16.6. The molecule has 5 nitrogen and oxygen atoms in total. The molecule has 2 fully saturated rings. The Bertz CT molecular complexity index is 293. The fourth-order valence-corrected chi connectivity index (χ4v) is 2.49. The first kappa shape index (κ1) is 11.2. The summed E-state index contributed by atoms with van der Waals surface area (Å²) in [6, 6.07) is 0.256. The number of ether oxygens (including phenoxy) is 1. The second-order valence-corrected chi connectivity index (χ2v) is 4.41. The quantitative estimate of drug-likeness (QED) is 0.717. The van der Waals surface area contributed by atoms with E-state index in [1.807, 2.05) is 6.92 Å². The average molecular weight is 226 g/mol. The van der Waals surface area contributed by atoms with Gasteiger partial charge in [0.2, 0.25) is 5.91 Å². The number of nitrogens with zero attached hydrogens (tertiary/aromatic N) is 1. The van der Waals surface area contributed by atoms with Crippen LogP contribution in [0.4, 0.5) is 4.79 Å². The van der Waals surface area contributed by atoms with Crippen molar-refractivity contribution in [3.63, 3.8) is 0 Å². The van der Waals surface area contributed by atoms with Gasteiger partial charge in [0.1, 0.15) is 0 Å². The lowest BCUT2D eigenvalue weighted by molar-refractivity contribution is -0.125. The molecule has 5 heteroatoms. The maximum Gasteiger partial charge on any atom is 0.409 e. The first-order chi connectivity index (χ1) is 7.70. The van der Waals surface area contributed by atoms with Crippen LogP contribution >= 0.6 is 0 Å². The van der Waals surface area contributed by atoms with Crippen molar-refractivity contribution in [2.75, 3.05) is 19.7 Å². The molecule has 0 unspecified atom stereocenters. The van der Waals surface area contributed by atoms with Crippen molar-refractivity contribution in [1.82, 2.24) is 10.2 Å². The van der Waals surface area contributed by atoms with Gasteiger partial charge >= 0.3 is 6.09 Å². The van der Waals surface area contributed by atoms with Crippen molar-refractivity contribution >= 4 is 12.0 Å². The molecule has 2 rings (SSSR count). The van der Waals surface area contributed by atoms with Gasteiger partial charge in [0.05, 0.1) is 6.61 Å². The Morgan fingerprint density at radius 2 is 2.38 bits per heavy atom. The fourth-order valence-electron chi connectivity index (χ4n) is 2.49. The lowest BCUT2D eigenvalue weighted by Gasteiger charge is -2.40. The van der Waals surface area contributed by atoms with Crippen molar-refractivity contribution in [3.05, 3.63) is 0 Å². The molecule has 0 spiro atoms. The zero-order valence-electron chi connectivity index (χ0n) is 9.57. The Morgan fingerprint density at radius 1 is 1.56 bits per heavy atom. The molecule has 2 aliphatic heterocycles. The van der Waals surface area contributed by atoms with Crippen LogP contribution < -0.4 is 5.32 Å². The summed E-state index contributed by atoms with van der Waals surface area (Å²) in [6.45, 7) is 3.62. The third-order valence-corrected chi connectivity index (χ3v) is 3.35. The molecule has 0 aromatic carbocycles. The summed E-state index contributed by atoms with van der Waals surface area (Å²) in [5.74, 6) is 0.543. The van der Waals surface area contributed by atoms with E-state index in [2.05, 4.69) is 5.32 Å². The van der Waals surface area contributed by atoms with Crippen LogP contribution in [0.3, 0.4) is 0 Å². The van der Waals surface area contributed by atoms with E-state index in [0.29, 0.717) is 32.0 Å². The van der Waals surface area contributed by atoms with Crippen LogP contribution in [0.25, 0.3) is 0 Å². The third kappa shape index (κ3) is 2.28. The smallest absolute Gasteiger partial charge is 0.409 e. The number of likely N-dealkylation sites (tertiary alicyclic amines) is 1. The molecule has 2 amide bonds. The number of rotatable bonds is 1. The lowest BCUT2D eigenvalue weighted by atomic mass is 9.85. The third-order valence-electron chi connectivity index (χ3n) is 3.35. The molecule has 0 bridgehead atoms. The monoisotopic (exact) mass is 226 g/mol. The maximum atomic E-state index is 11.6. The van der Waals surface area contributed by atoms with Crippen LogP contribution in [0.15, 0.2) is 0 Å². The summed E-state index contributed by atoms with van der Waals surface area (Å²) in [5.41, 5.74) is 0. The molecule has 2 aliphatic rings. The summed E-state index contributed by atoms with van der Waals surface area (Å²) in [7, 11) is 0. The van der Waals surface area contributed by atoms with E-state index >= 15 is 0 Å². The van der Waals surface area contributed by atoms with Gasteiger partial charge in [0.15, 0.2) is 0 Å². The Labute approximate surface area is 95.1 Å². The number of piperidine rings is 2. The van der Waals surface area contributed by atoms with Crippen molar-refractivity contribution in [2.24, 2.45) is 5.92 Å². The average Bonchev–Trinajstić information content (AvgIpc) is 2.28. The second kappa shape index (κ2) is 4.72. The molecule has 0 radical (unpaired) electrons. The topological polar surface area (TPSA) is 58.6 Å². The van der Waals surface area contributed by atoms with Gasteiger partial charge in [-0.2, -0.15) is 0 Å². The zero-order chi connectivity index (χ0) is 11.5.